The number of rotatable bonds is 5. The third-order valence-electron chi connectivity index (χ3n) is 5.84. The number of esters is 1. The van der Waals surface area contributed by atoms with E-state index in [1.54, 1.807) is 6.92 Å². The van der Waals surface area contributed by atoms with Crippen LogP contribution in [0.25, 0.3) is 0 Å². The van der Waals surface area contributed by atoms with Crippen LogP contribution in [0.5, 0.6) is 0 Å². The Labute approximate surface area is 143 Å². The molecule has 4 aliphatic rings. The lowest BCUT2D eigenvalue weighted by Gasteiger charge is -2.57. The van der Waals surface area contributed by atoms with E-state index in [9.17, 15) is 18.0 Å². The second-order valence-corrected chi connectivity index (χ2v) is 9.56. The fourth-order valence-corrected chi connectivity index (χ4v) is 5.67. The molecule has 6 nitrogen and oxygen atoms in total. The normalized spacial score (nSPS) is 37.1. The Balaban J connectivity index is 1.74. The number of ether oxygens (including phenoxy) is 1. The van der Waals surface area contributed by atoms with Gasteiger partial charge in [-0.1, -0.05) is 6.58 Å². The Kier molecular flexibility index (Phi) is 4.49. The maximum Gasteiger partial charge on any atom is 0.333 e. The molecule has 4 saturated carbocycles. The first-order chi connectivity index (χ1) is 11.1. The lowest BCUT2D eigenvalue weighted by molar-refractivity contribution is -0.177. The monoisotopic (exact) mass is 355 g/mol. The van der Waals surface area contributed by atoms with Crippen LogP contribution in [-0.2, 0) is 24.3 Å². The molecule has 4 rings (SSSR count). The SMILES string of the molecule is C=C(C)C(=O)OC1C2CC3CC(C2)C(CC(=O)NS(C)(=O)=O)C1C3. The molecule has 6 unspecified atom stereocenters. The molecular weight excluding hydrogens is 330 g/mol. The van der Waals surface area contributed by atoms with Gasteiger partial charge in [0.1, 0.15) is 6.10 Å². The second-order valence-electron chi connectivity index (χ2n) is 7.81. The number of hydrogen-bond acceptors (Lipinski definition) is 5. The number of hydrogen-bond donors (Lipinski definition) is 1. The zero-order chi connectivity index (χ0) is 17.6. The third-order valence-corrected chi connectivity index (χ3v) is 6.44. The molecule has 0 aromatic rings. The van der Waals surface area contributed by atoms with Crippen LogP contribution in [0.1, 0.15) is 39.0 Å². The summed E-state index contributed by atoms with van der Waals surface area (Å²) in [6.45, 7) is 5.27. The van der Waals surface area contributed by atoms with Crippen molar-refractivity contribution in [2.75, 3.05) is 6.26 Å². The molecule has 0 saturated heterocycles. The van der Waals surface area contributed by atoms with E-state index in [1.807, 2.05) is 0 Å². The van der Waals surface area contributed by atoms with Crippen molar-refractivity contribution in [3.63, 3.8) is 0 Å². The molecule has 4 aliphatic carbocycles. The molecule has 1 N–H and O–H groups in total. The van der Waals surface area contributed by atoms with Gasteiger partial charge in [-0.2, -0.15) is 0 Å². The molecule has 4 bridgehead atoms. The quantitative estimate of drug-likeness (QED) is 0.598. The van der Waals surface area contributed by atoms with Gasteiger partial charge < -0.3 is 4.74 Å². The first kappa shape index (κ1) is 17.5. The lowest BCUT2D eigenvalue weighted by Crippen LogP contribution is -2.55. The van der Waals surface area contributed by atoms with E-state index < -0.39 is 15.9 Å². The summed E-state index contributed by atoms with van der Waals surface area (Å²) in [5.41, 5.74) is 0.384. The van der Waals surface area contributed by atoms with E-state index in [0.29, 0.717) is 23.3 Å². The van der Waals surface area contributed by atoms with Crippen LogP contribution in [-0.4, -0.2) is 32.7 Å². The number of carbonyl (C=O) groups is 2. The second kappa shape index (κ2) is 6.17. The molecule has 134 valence electrons. The van der Waals surface area contributed by atoms with Gasteiger partial charge in [-0.25, -0.2) is 13.2 Å². The highest BCUT2D eigenvalue weighted by Crippen LogP contribution is 2.58. The number of sulfonamides is 1. The molecule has 6 atom stereocenters. The number of nitrogens with one attached hydrogen (secondary N) is 1. The van der Waals surface area contributed by atoms with Crippen LogP contribution in [0, 0.1) is 29.6 Å². The van der Waals surface area contributed by atoms with Gasteiger partial charge in [0.2, 0.25) is 15.9 Å². The Morgan fingerprint density at radius 2 is 1.83 bits per heavy atom. The molecule has 0 aliphatic heterocycles. The van der Waals surface area contributed by atoms with Crippen molar-refractivity contribution in [3.8, 4) is 0 Å². The van der Waals surface area contributed by atoms with Crippen molar-refractivity contribution >= 4 is 21.9 Å². The van der Waals surface area contributed by atoms with Crippen molar-refractivity contribution in [2.24, 2.45) is 29.6 Å². The maximum atomic E-state index is 12.1. The number of amides is 1. The summed E-state index contributed by atoms with van der Waals surface area (Å²) in [6.07, 6.45) is 5.10. The van der Waals surface area contributed by atoms with Crippen molar-refractivity contribution in [3.05, 3.63) is 12.2 Å². The van der Waals surface area contributed by atoms with Crippen LogP contribution in [0.2, 0.25) is 0 Å². The largest absolute Gasteiger partial charge is 0.458 e. The van der Waals surface area contributed by atoms with Gasteiger partial charge in [0.15, 0.2) is 0 Å². The molecule has 0 heterocycles. The van der Waals surface area contributed by atoms with Gasteiger partial charge in [-0.15, -0.1) is 0 Å². The fraction of sp³-hybridized carbons (Fsp3) is 0.765. The van der Waals surface area contributed by atoms with E-state index in [2.05, 4.69) is 11.3 Å². The Hall–Kier alpha value is -1.37. The van der Waals surface area contributed by atoms with Crippen molar-refractivity contribution < 1.29 is 22.7 Å². The molecule has 4 fully saturated rings. The first-order valence-electron chi connectivity index (χ1n) is 8.51. The first-order valence-corrected chi connectivity index (χ1v) is 10.4. The van der Waals surface area contributed by atoms with Gasteiger partial charge in [0.25, 0.3) is 0 Å². The summed E-state index contributed by atoms with van der Waals surface area (Å²) in [4.78, 5) is 24.0. The van der Waals surface area contributed by atoms with Gasteiger partial charge >= 0.3 is 5.97 Å². The number of carbonyl (C=O) groups excluding carboxylic acids is 2. The van der Waals surface area contributed by atoms with Gasteiger partial charge in [0, 0.05) is 17.9 Å². The smallest absolute Gasteiger partial charge is 0.333 e. The molecule has 1 amide bonds. The molecule has 0 aromatic heterocycles. The standard InChI is InChI=1S/C17H25NO5S/c1-9(2)17(20)23-16-12-5-10-4-11(7-12)13(14(16)6-10)8-15(19)18-24(3,21)22/h10-14,16H,1,4-8H2,2-3H3,(H,18,19). The van der Waals surface area contributed by atoms with E-state index in [4.69, 9.17) is 4.74 Å². The zero-order valence-electron chi connectivity index (χ0n) is 14.2. The third kappa shape index (κ3) is 3.50. The molecular formula is C17H25NO5S. The van der Waals surface area contributed by atoms with Crippen LogP contribution < -0.4 is 4.72 Å². The van der Waals surface area contributed by atoms with Gasteiger partial charge in [-0.3, -0.25) is 9.52 Å². The summed E-state index contributed by atoms with van der Waals surface area (Å²) in [7, 11) is -3.54. The van der Waals surface area contributed by atoms with E-state index in [-0.39, 0.29) is 30.3 Å². The Morgan fingerprint density at radius 3 is 2.46 bits per heavy atom. The summed E-state index contributed by atoms with van der Waals surface area (Å²) in [6, 6.07) is 0. The molecule has 7 heteroatoms. The van der Waals surface area contributed by atoms with Crippen LogP contribution in [0.15, 0.2) is 12.2 Å². The average Bonchev–Trinajstić information content (AvgIpc) is 2.43. The van der Waals surface area contributed by atoms with Gasteiger partial charge in [-0.05, 0) is 56.3 Å². The topological polar surface area (TPSA) is 89.5 Å². The van der Waals surface area contributed by atoms with E-state index in [0.717, 1.165) is 31.9 Å². The summed E-state index contributed by atoms with van der Waals surface area (Å²) in [5, 5.41) is 0. The summed E-state index contributed by atoms with van der Waals surface area (Å²) >= 11 is 0. The predicted molar refractivity (Wildman–Crippen MR) is 88.2 cm³/mol. The van der Waals surface area contributed by atoms with E-state index >= 15 is 0 Å². The van der Waals surface area contributed by atoms with E-state index in [1.165, 1.54) is 0 Å². The minimum atomic E-state index is -3.54. The predicted octanol–water partition coefficient (Wildman–Crippen LogP) is 1.62. The van der Waals surface area contributed by atoms with Gasteiger partial charge in [0.05, 0.1) is 6.26 Å². The summed E-state index contributed by atoms with van der Waals surface area (Å²) < 4.78 is 30.3. The van der Waals surface area contributed by atoms with Crippen LogP contribution in [0.4, 0.5) is 0 Å². The summed E-state index contributed by atoms with van der Waals surface area (Å²) in [5.74, 6) is 0.847. The minimum Gasteiger partial charge on any atom is -0.458 e. The highest BCUT2D eigenvalue weighted by atomic mass is 32.2. The van der Waals surface area contributed by atoms with Crippen molar-refractivity contribution in [1.29, 1.82) is 0 Å². The van der Waals surface area contributed by atoms with Crippen LogP contribution in [0.3, 0.4) is 0 Å². The average molecular weight is 355 g/mol. The Morgan fingerprint density at radius 1 is 1.17 bits per heavy atom. The highest BCUT2D eigenvalue weighted by molar-refractivity contribution is 7.89. The molecule has 24 heavy (non-hydrogen) atoms. The van der Waals surface area contributed by atoms with Crippen molar-refractivity contribution in [2.45, 2.75) is 45.1 Å². The Bertz CT molecular complexity index is 670. The minimum absolute atomic E-state index is 0.0856. The van der Waals surface area contributed by atoms with Crippen LogP contribution >= 0.6 is 0 Å². The van der Waals surface area contributed by atoms with Crippen molar-refractivity contribution in [1.82, 2.24) is 4.72 Å². The molecule has 0 aromatic carbocycles. The fourth-order valence-electron chi connectivity index (χ4n) is 5.17. The zero-order valence-corrected chi connectivity index (χ0v) is 15.0. The maximum absolute atomic E-state index is 12.1. The molecule has 0 radical (unpaired) electrons. The molecule has 0 spiro atoms. The lowest BCUT2D eigenvalue weighted by atomic mass is 9.50. The highest BCUT2D eigenvalue weighted by Gasteiger charge is 2.55.